The Morgan fingerprint density at radius 1 is 1.41 bits per heavy atom. The van der Waals surface area contributed by atoms with Gasteiger partial charge in [0.15, 0.2) is 0 Å². The Hall–Kier alpha value is -0.870. The van der Waals surface area contributed by atoms with Gasteiger partial charge in [-0.2, -0.15) is 0 Å². The van der Waals surface area contributed by atoms with Crippen LogP contribution in [0, 0.1) is 5.92 Å². The van der Waals surface area contributed by atoms with Gasteiger partial charge in [-0.15, -0.1) is 0 Å². The average molecular weight is 296 g/mol. The summed E-state index contributed by atoms with van der Waals surface area (Å²) in [5.41, 5.74) is 8.04. The lowest BCUT2D eigenvalue weighted by molar-refractivity contribution is 0.474. The molecule has 0 aliphatic rings. The van der Waals surface area contributed by atoms with Crippen LogP contribution in [0.25, 0.3) is 11.0 Å². The Labute approximate surface area is 110 Å². The van der Waals surface area contributed by atoms with Gasteiger partial charge in [-0.25, -0.2) is 4.98 Å². The molecule has 0 spiro atoms. The maximum absolute atomic E-state index is 5.86. The van der Waals surface area contributed by atoms with Gasteiger partial charge in [0, 0.05) is 24.0 Å². The van der Waals surface area contributed by atoms with E-state index in [9.17, 15) is 0 Å². The highest BCUT2D eigenvalue weighted by Crippen LogP contribution is 2.27. The first-order valence-corrected chi connectivity index (χ1v) is 6.65. The number of imidazole rings is 1. The summed E-state index contributed by atoms with van der Waals surface area (Å²) >= 11 is 3.48. The van der Waals surface area contributed by atoms with E-state index >= 15 is 0 Å². The van der Waals surface area contributed by atoms with E-state index in [0.29, 0.717) is 18.4 Å². The molecule has 0 saturated heterocycles. The smallest absolute Gasteiger partial charge is 0.114 e. The van der Waals surface area contributed by atoms with Crippen LogP contribution >= 0.6 is 15.9 Å². The number of benzene rings is 1. The van der Waals surface area contributed by atoms with Crippen molar-refractivity contribution in [2.45, 2.75) is 19.8 Å². The van der Waals surface area contributed by atoms with Crippen LogP contribution < -0.4 is 5.73 Å². The van der Waals surface area contributed by atoms with Gasteiger partial charge in [0.05, 0.1) is 11.0 Å². The molecule has 1 atom stereocenters. The number of nitrogens with two attached hydrogens (primary N) is 1. The number of nitrogens with zero attached hydrogens (tertiary/aromatic N) is 2. The second-order valence-electron chi connectivity index (χ2n) is 4.75. The summed E-state index contributed by atoms with van der Waals surface area (Å²) in [4.78, 5) is 4.72. The molecule has 0 amide bonds. The summed E-state index contributed by atoms with van der Waals surface area (Å²) in [6, 6.07) is 6.18. The van der Waals surface area contributed by atoms with Crippen LogP contribution in [0.2, 0.25) is 0 Å². The van der Waals surface area contributed by atoms with E-state index in [2.05, 4.69) is 47.5 Å². The summed E-state index contributed by atoms with van der Waals surface area (Å²) < 4.78 is 3.21. The van der Waals surface area contributed by atoms with Crippen molar-refractivity contribution in [2.75, 3.05) is 6.54 Å². The number of halogens is 1. The molecule has 92 valence electrons. The van der Waals surface area contributed by atoms with E-state index in [1.165, 1.54) is 0 Å². The van der Waals surface area contributed by atoms with Crippen molar-refractivity contribution < 1.29 is 0 Å². The standard InChI is InChI=1S/C13H18BrN3/c1-8(2)10(7-15)13-16-11-6-9(14)4-5-12(11)17(13)3/h4-6,8,10H,7,15H2,1-3H3. The topological polar surface area (TPSA) is 43.8 Å². The molecule has 0 saturated carbocycles. The summed E-state index contributed by atoms with van der Waals surface area (Å²) in [5.74, 6) is 1.89. The van der Waals surface area contributed by atoms with E-state index in [0.717, 1.165) is 21.3 Å². The second kappa shape index (κ2) is 4.78. The monoisotopic (exact) mass is 295 g/mol. The molecule has 2 rings (SSSR count). The minimum Gasteiger partial charge on any atom is -0.331 e. The first kappa shape index (κ1) is 12.6. The Morgan fingerprint density at radius 2 is 2.12 bits per heavy atom. The summed E-state index contributed by atoms with van der Waals surface area (Å²) in [6.45, 7) is 5.01. The fourth-order valence-electron chi connectivity index (χ4n) is 2.20. The second-order valence-corrected chi connectivity index (χ2v) is 5.66. The first-order chi connectivity index (χ1) is 8.04. The molecule has 2 aromatic rings. The van der Waals surface area contributed by atoms with E-state index in [-0.39, 0.29) is 0 Å². The number of aryl methyl sites for hydroxylation is 1. The van der Waals surface area contributed by atoms with Crippen LogP contribution in [-0.4, -0.2) is 16.1 Å². The van der Waals surface area contributed by atoms with Gasteiger partial charge in [0.2, 0.25) is 0 Å². The van der Waals surface area contributed by atoms with Crippen molar-refractivity contribution in [3.05, 3.63) is 28.5 Å². The van der Waals surface area contributed by atoms with Crippen LogP contribution in [0.15, 0.2) is 22.7 Å². The van der Waals surface area contributed by atoms with Crippen molar-refractivity contribution in [1.82, 2.24) is 9.55 Å². The molecular formula is C13H18BrN3. The molecule has 0 aliphatic carbocycles. The minimum absolute atomic E-state index is 0.311. The molecular weight excluding hydrogens is 278 g/mol. The Morgan fingerprint density at radius 3 is 2.71 bits per heavy atom. The molecule has 1 aromatic heterocycles. The molecule has 3 nitrogen and oxygen atoms in total. The number of fused-ring (bicyclic) bond motifs is 1. The Balaban J connectivity index is 2.58. The van der Waals surface area contributed by atoms with E-state index < -0.39 is 0 Å². The fraction of sp³-hybridized carbons (Fsp3) is 0.462. The zero-order valence-electron chi connectivity index (χ0n) is 10.4. The molecule has 0 fully saturated rings. The van der Waals surface area contributed by atoms with Gasteiger partial charge in [0.25, 0.3) is 0 Å². The summed E-state index contributed by atoms with van der Waals surface area (Å²) in [5, 5.41) is 0. The highest BCUT2D eigenvalue weighted by Gasteiger charge is 2.20. The van der Waals surface area contributed by atoms with Gasteiger partial charge in [-0.1, -0.05) is 29.8 Å². The van der Waals surface area contributed by atoms with Gasteiger partial charge in [0.1, 0.15) is 5.82 Å². The Kier molecular flexibility index (Phi) is 3.54. The van der Waals surface area contributed by atoms with Crippen molar-refractivity contribution in [3.8, 4) is 0 Å². The Bertz CT molecular complexity index is 531. The van der Waals surface area contributed by atoms with Crippen molar-refractivity contribution in [3.63, 3.8) is 0 Å². The number of aromatic nitrogens is 2. The number of hydrogen-bond acceptors (Lipinski definition) is 2. The molecule has 1 heterocycles. The molecule has 17 heavy (non-hydrogen) atoms. The maximum Gasteiger partial charge on any atom is 0.114 e. The van der Waals surface area contributed by atoms with Gasteiger partial charge < -0.3 is 10.3 Å². The number of rotatable bonds is 3. The summed E-state index contributed by atoms with van der Waals surface area (Å²) in [6.07, 6.45) is 0. The molecule has 1 unspecified atom stereocenters. The molecule has 0 aliphatic heterocycles. The molecule has 1 aromatic carbocycles. The SMILES string of the molecule is CC(C)C(CN)c1nc2cc(Br)ccc2n1C. The fourth-order valence-corrected chi connectivity index (χ4v) is 2.55. The molecule has 2 N–H and O–H groups in total. The van der Waals surface area contributed by atoms with Crippen LogP contribution in [0.3, 0.4) is 0 Å². The summed E-state index contributed by atoms with van der Waals surface area (Å²) in [7, 11) is 2.06. The highest BCUT2D eigenvalue weighted by molar-refractivity contribution is 9.10. The predicted molar refractivity (Wildman–Crippen MR) is 75.0 cm³/mol. The van der Waals surface area contributed by atoms with Crippen LogP contribution in [0.1, 0.15) is 25.6 Å². The third kappa shape index (κ3) is 2.24. The van der Waals surface area contributed by atoms with E-state index in [1.54, 1.807) is 0 Å². The minimum atomic E-state index is 0.311. The zero-order chi connectivity index (χ0) is 12.6. The average Bonchev–Trinajstić information content (AvgIpc) is 2.56. The molecule has 0 radical (unpaired) electrons. The number of hydrogen-bond donors (Lipinski definition) is 1. The predicted octanol–water partition coefficient (Wildman–Crippen LogP) is 3.03. The van der Waals surface area contributed by atoms with Crippen molar-refractivity contribution in [2.24, 2.45) is 18.7 Å². The lowest BCUT2D eigenvalue weighted by Crippen LogP contribution is -2.21. The van der Waals surface area contributed by atoms with E-state index in [4.69, 9.17) is 10.7 Å². The normalized spacial score (nSPS) is 13.5. The largest absolute Gasteiger partial charge is 0.331 e. The van der Waals surface area contributed by atoms with Crippen molar-refractivity contribution >= 4 is 27.0 Å². The third-order valence-electron chi connectivity index (χ3n) is 3.27. The maximum atomic E-state index is 5.86. The van der Waals surface area contributed by atoms with Gasteiger partial charge in [-0.3, -0.25) is 0 Å². The van der Waals surface area contributed by atoms with Gasteiger partial charge in [-0.05, 0) is 24.1 Å². The molecule has 0 bridgehead atoms. The van der Waals surface area contributed by atoms with E-state index in [1.807, 2.05) is 12.1 Å². The lowest BCUT2D eigenvalue weighted by atomic mass is 9.95. The lowest BCUT2D eigenvalue weighted by Gasteiger charge is -2.18. The zero-order valence-corrected chi connectivity index (χ0v) is 12.0. The third-order valence-corrected chi connectivity index (χ3v) is 3.76. The quantitative estimate of drug-likeness (QED) is 0.946. The van der Waals surface area contributed by atoms with Crippen LogP contribution in [0.4, 0.5) is 0 Å². The van der Waals surface area contributed by atoms with Gasteiger partial charge >= 0.3 is 0 Å². The van der Waals surface area contributed by atoms with Crippen LogP contribution in [0.5, 0.6) is 0 Å². The molecule has 4 heteroatoms. The van der Waals surface area contributed by atoms with Crippen molar-refractivity contribution in [1.29, 1.82) is 0 Å². The first-order valence-electron chi connectivity index (χ1n) is 5.86. The van der Waals surface area contributed by atoms with Crippen LogP contribution in [-0.2, 0) is 7.05 Å². The highest BCUT2D eigenvalue weighted by atomic mass is 79.9.